The molecule has 0 saturated heterocycles. The van der Waals surface area contributed by atoms with E-state index in [1.807, 2.05) is 0 Å². The molecule has 1 heterocycles. The lowest BCUT2D eigenvalue weighted by Crippen LogP contribution is -2.45. The van der Waals surface area contributed by atoms with Gasteiger partial charge in [0.2, 0.25) is 0 Å². The Bertz CT molecular complexity index is 768. The average molecular weight is 358 g/mol. The van der Waals surface area contributed by atoms with Gasteiger partial charge in [-0.25, -0.2) is 0 Å². The van der Waals surface area contributed by atoms with E-state index in [9.17, 15) is 15.0 Å². The maximum atomic E-state index is 12.7. The highest BCUT2D eigenvalue weighted by atomic mass is 16.5. The van der Waals surface area contributed by atoms with Gasteiger partial charge < -0.3 is 24.6 Å². The SMILES string of the molecule is COc1ccc(C(=O)N(C)[C@@H]2CC[C@@H](Oc3cccnc3)[C@@H]2O)c(O)c1. The molecule has 1 aliphatic rings. The van der Waals surface area contributed by atoms with Crippen molar-refractivity contribution in [1.82, 2.24) is 9.88 Å². The number of benzene rings is 1. The molecule has 0 bridgehead atoms. The van der Waals surface area contributed by atoms with Crippen LogP contribution in [-0.4, -0.2) is 58.4 Å². The van der Waals surface area contributed by atoms with Crippen molar-refractivity contribution in [1.29, 1.82) is 0 Å². The fraction of sp³-hybridized carbons (Fsp3) is 0.368. The van der Waals surface area contributed by atoms with Gasteiger partial charge in [-0.15, -0.1) is 0 Å². The minimum Gasteiger partial charge on any atom is -0.507 e. The number of rotatable bonds is 5. The van der Waals surface area contributed by atoms with Gasteiger partial charge in [-0.05, 0) is 37.1 Å². The smallest absolute Gasteiger partial charge is 0.257 e. The van der Waals surface area contributed by atoms with Crippen LogP contribution in [0.1, 0.15) is 23.2 Å². The van der Waals surface area contributed by atoms with Crippen LogP contribution < -0.4 is 9.47 Å². The number of ether oxygens (including phenoxy) is 2. The van der Waals surface area contributed by atoms with Crippen LogP contribution in [0.5, 0.6) is 17.2 Å². The Labute approximate surface area is 151 Å². The second-order valence-corrected chi connectivity index (χ2v) is 6.28. The fourth-order valence-electron chi connectivity index (χ4n) is 3.23. The largest absolute Gasteiger partial charge is 0.507 e. The van der Waals surface area contributed by atoms with E-state index in [1.165, 1.54) is 24.1 Å². The summed E-state index contributed by atoms with van der Waals surface area (Å²) >= 11 is 0. The second kappa shape index (κ2) is 7.61. The van der Waals surface area contributed by atoms with E-state index in [4.69, 9.17) is 9.47 Å². The number of aliphatic hydroxyl groups is 1. The van der Waals surface area contributed by atoms with Crippen molar-refractivity contribution in [2.24, 2.45) is 0 Å². The number of hydrogen-bond acceptors (Lipinski definition) is 6. The zero-order valence-electron chi connectivity index (χ0n) is 14.7. The van der Waals surface area contributed by atoms with Gasteiger partial charge in [0.25, 0.3) is 5.91 Å². The topological polar surface area (TPSA) is 92.1 Å². The number of methoxy groups -OCH3 is 1. The molecule has 2 aromatic rings. The molecule has 1 saturated carbocycles. The summed E-state index contributed by atoms with van der Waals surface area (Å²) in [6, 6.07) is 7.65. The summed E-state index contributed by atoms with van der Waals surface area (Å²) in [6.07, 6.45) is 3.21. The van der Waals surface area contributed by atoms with Crippen LogP contribution in [0.25, 0.3) is 0 Å². The fourth-order valence-corrected chi connectivity index (χ4v) is 3.23. The molecular formula is C19H22N2O5. The molecule has 0 spiro atoms. The summed E-state index contributed by atoms with van der Waals surface area (Å²) in [6.45, 7) is 0. The normalized spacial score (nSPS) is 22.0. The molecule has 1 fully saturated rings. The molecule has 0 aliphatic heterocycles. The number of amides is 1. The Hall–Kier alpha value is -2.80. The number of aromatic nitrogens is 1. The number of pyridine rings is 1. The van der Waals surface area contributed by atoms with Crippen LogP contribution in [0.15, 0.2) is 42.7 Å². The molecule has 3 rings (SSSR count). The van der Waals surface area contributed by atoms with Crippen LogP contribution in [0.4, 0.5) is 0 Å². The summed E-state index contributed by atoms with van der Waals surface area (Å²) in [4.78, 5) is 18.2. The first-order chi connectivity index (χ1) is 12.5. The van der Waals surface area contributed by atoms with Gasteiger partial charge in [0.05, 0.1) is 24.9 Å². The third-order valence-corrected chi connectivity index (χ3v) is 4.70. The van der Waals surface area contributed by atoms with Gasteiger partial charge >= 0.3 is 0 Å². The second-order valence-electron chi connectivity index (χ2n) is 6.28. The zero-order valence-corrected chi connectivity index (χ0v) is 14.7. The maximum Gasteiger partial charge on any atom is 0.257 e. The Morgan fingerprint density at radius 3 is 2.73 bits per heavy atom. The number of hydrogen-bond donors (Lipinski definition) is 2. The van der Waals surface area contributed by atoms with Gasteiger partial charge in [0, 0.05) is 19.3 Å². The molecule has 1 amide bonds. The molecule has 0 unspecified atom stereocenters. The Morgan fingerprint density at radius 2 is 2.08 bits per heavy atom. The molecule has 1 aromatic heterocycles. The average Bonchev–Trinajstić information content (AvgIpc) is 3.01. The van der Waals surface area contributed by atoms with Crippen molar-refractivity contribution in [3.63, 3.8) is 0 Å². The molecule has 26 heavy (non-hydrogen) atoms. The summed E-state index contributed by atoms with van der Waals surface area (Å²) in [7, 11) is 3.10. The molecule has 3 atom stereocenters. The molecule has 1 aromatic carbocycles. The van der Waals surface area contributed by atoms with Crippen molar-refractivity contribution in [2.75, 3.05) is 14.2 Å². The van der Waals surface area contributed by atoms with Crippen molar-refractivity contribution < 1.29 is 24.5 Å². The van der Waals surface area contributed by atoms with Crippen molar-refractivity contribution >= 4 is 5.91 Å². The van der Waals surface area contributed by atoms with E-state index >= 15 is 0 Å². The van der Waals surface area contributed by atoms with Crippen LogP contribution in [0.3, 0.4) is 0 Å². The third kappa shape index (κ3) is 3.57. The summed E-state index contributed by atoms with van der Waals surface area (Å²) in [5.41, 5.74) is 0.164. The van der Waals surface area contributed by atoms with E-state index < -0.39 is 18.2 Å². The molecular weight excluding hydrogens is 336 g/mol. The van der Waals surface area contributed by atoms with Crippen molar-refractivity contribution in [3.05, 3.63) is 48.3 Å². The summed E-state index contributed by atoms with van der Waals surface area (Å²) < 4.78 is 10.8. The first kappa shape index (κ1) is 18.0. The van der Waals surface area contributed by atoms with E-state index in [0.29, 0.717) is 24.3 Å². The highest BCUT2D eigenvalue weighted by Gasteiger charge is 2.40. The van der Waals surface area contributed by atoms with Crippen LogP contribution in [0, 0.1) is 0 Å². The van der Waals surface area contributed by atoms with E-state index in [-0.39, 0.29) is 17.2 Å². The minimum absolute atomic E-state index is 0.156. The van der Waals surface area contributed by atoms with E-state index in [2.05, 4.69) is 4.98 Å². The highest BCUT2D eigenvalue weighted by molar-refractivity contribution is 5.97. The monoisotopic (exact) mass is 358 g/mol. The number of phenolic OH excluding ortho intramolecular Hbond substituents is 1. The van der Waals surface area contributed by atoms with Gasteiger partial charge in [-0.3, -0.25) is 9.78 Å². The van der Waals surface area contributed by atoms with Gasteiger partial charge in [0.1, 0.15) is 29.5 Å². The molecule has 138 valence electrons. The third-order valence-electron chi connectivity index (χ3n) is 4.70. The van der Waals surface area contributed by atoms with Crippen LogP contribution in [-0.2, 0) is 0 Å². The molecule has 1 aliphatic carbocycles. The highest BCUT2D eigenvalue weighted by Crippen LogP contribution is 2.30. The number of carbonyl (C=O) groups excluding carboxylic acids is 1. The number of aromatic hydroxyl groups is 1. The number of nitrogens with zero attached hydrogens (tertiary/aromatic N) is 2. The molecule has 0 radical (unpaired) electrons. The number of carbonyl (C=O) groups is 1. The lowest BCUT2D eigenvalue weighted by Gasteiger charge is -2.29. The number of phenols is 1. The lowest BCUT2D eigenvalue weighted by molar-refractivity contribution is 0.0164. The minimum atomic E-state index is -0.829. The predicted molar refractivity (Wildman–Crippen MR) is 94.4 cm³/mol. The van der Waals surface area contributed by atoms with Crippen LogP contribution >= 0.6 is 0 Å². The lowest BCUT2D eigenvalue weighted by atomic mass is 10.1. The van der Waals surface area contributed by atoms with Gasteiger partial charge in [0.15, 0.2) is 0 Å². The zero-order chi connectivity index (χ0) is 18.7. The Morgan fingerprint density at radius 1 is 1.27 bits per heavy atom. The maximum absolute atomic E-state index is 12.7. The van der Waals surface area contributed by atoms with Crippen molar-refractivity contribution in [3.8, 4) is 17.2 Å². The molecule has 7 heteroatoms. The van der Waals surface area contributed by atoms with Gasteiger partial charge in [-0.1, -0.05) is 0 Å². The standard InChI is InChI=1S/C19H22N2O5/c1-21(19(24)14-6-5-12(25-2)10-16(14)22)15-7-8-17(18(15)23)26-13-4-3-9-20-11-13/h3-6,9-11,15,17-18,22-23H,7-8H2,1-2H3/t15-,17-,18-/m1/s1. The van der Waals surface area contributed by atoms with Crippen molar-refractivity contribution in [2.45, 2.75) is 31.1 Å². The Kier molecular flexibility index (Phi) is 5.27. The first-order valence-electron chi connectivity index (χ1n) is 8.40. The summed E-state index contributed by atoms with van der Waals surface area (Å²) in [5.74, 6) is 0.527. The van der Waals surface area contributed by atoms with E-state index in [0.717, 1.165) is 0 Å². The molecule has 7 nitrogen and oxygen atoms in total. The molecule has 2 N–H and O–H groups in total. The first-order valence-corrected chi connectivity index (χ1v) is 8.40. The number of likely N-dealkylation sites (N-methyl/N-ethyl adjacent to an activating group) is 1. The van der Waals surface area contributed by atoms with Gasteiger partial charge in [-0.2, -0.15) is 0 Å². The summed E-state index contributed by atoms with van der Waals surface area (Å²) in [5, 5.41) is 20.7. The Balaban J connectivity index is 1.70. The van der Waals surface area contributed by atoms with Crippen LogP contribution in [0.2, 0.25) is 0 Å². The van der Waals surface area contributed by atoms with E-state index in [1.54, 1.807) is 37.6 Å². The quantitative estimate of drug-likeness (QED) is 0.847. The number of aliphatic hydroxyl groups excluding tert-OH is 1. The predicted octanol–water partition coefficient (Wildman–Crippen LogP) is 1.84.